The third-order valence-corrected chi connectivity index (χ3v) is 5.91. The maximum absolute atomic E-state index is 12.8. The number of carbonyl (C=O) groups is 1. The molecule has 1 N–H and O–H groups in total. The van der Waals surface area contributed by atoms with E-state index in [0.717, 1.165) is 5.56 Å². The predicted octanol–water partition coefficient (Wildman–Crippen LogP) is 1.20. The zero-order valence-electron chi connectivity index (χ0n) is 12.2. The van der Waals surface area contributed by atoms with Gasteiger partial charge in [-0.15, -0.1) is 0 Å². The van der Waals surface area contributed by atoms with Crippen molar-refractivity contribution in [2.24, 2.45) is 0 Å². The molecular weight excluding hydrogens is 276 g/mol. The van der Waals surface area contributed by atoms with E-state index in [4.69, 9.17) is 0 Å². The van der Waals surface area contributed by atoms with Gasteiger partial charge in [0.05, 0.1) is 4.90 Å². The van der Waals surface area contributed by atoms with Gasteiger partial charge in [0.15, 0.2) is 0 Å². The zero-order chi connectivity index (χ0) is 15.1. The largest absolute Gasteiger partial charge is 0.353 e. The second kappa shape index (κ2) is 4.86. The highest BCUT2D eigenvalue weighted by Crippen LogP contribution is 2.28. The molecule has 0 radical (unpaired) electrons. The third-order valence-electron chi connectivity index (χ3n) is 3.68. The highest BCUT2D eigenvalue weighted by atomic mass is 32.2. The highest BCUT2D eigenvalue weighted by molar-refractivity contribution is 7.89. The van der Waals surface area contributed by atoms with Gasteiger partial charge < -0.3 is 5.32 Å². The van der Waals surface area contributed by atoms with Crippen LogP contribution in [0.25, 0.3) is 0 Å². The van der Waals surface area contributed by atoms with E-state index in [2.05, 4.69) is 5.32 Å². The molecule has 0 aliphatic carbocycles. The molecule has 0 unspecified atom stereocenters. The monoisotopic (exact) mass is 296 g/mol. The van der Waals surface area contributed by atoms with Crippen molar-refractivity contribution < 1.29 is 13.2 Å². The highest BCUT2D eigenvalue weighted by Gasteiger charge is 2.45. The number of carbonyl (C=O) groups excluding carboxylic acids is 1. The van der Waals surface area contributed by atoms with E-state index in [1.165, 1.54) is 4.31 Å². The van der Waals surface area contributed by atoms with Crippen molar-refractivity contribution in [3.05, 3.63) is 29.3 Å². The summed E-state index contributed by atoms with van der Waals surface area (Å²) in [5, 5.41) is 2.70. The smallest absolute Gasteiger partial charge is 0.244 e. The Morgan fingerprint density at radius 1 is 1.25 bits per heavy atom. The molecule has 110 valence electrons. The quantitative estimate of drug-likeness (QED) is 0.892. The van der Waals surface area contributed by atoms with Crippen molar-refractivity contribution in [2.45, 2.75) is 38.1 Å². The molecule has 1 aromatic rings. The molecule has 0 spiro atoms. The number of rotatable bonds is 2. The molecule has 0 saturated carbocycles. The lowest BCUT2D eigenvalue weighted by atomic mass is 10.0. The summed E-state index contributed by atoms with van der Waals surface area (Å²) in [6.07, 6.45) is 0. The third kappa shape index (κ3) is 2.33. The zero-order valence-corrected chi connectivity index (χ0v) is 13.0. The van der Waals surface area contributed by atoms with Crippen LogP contribution in [0.5, 0.6) is 0 Å². The van der Waals surface area contributed by atoms with E-state index in [9.17, 15) is 13.2 Å². The molecule has 1 aliphatic heterocycles. The molecule has 20 heavy (non-hydrogen) atoms. The van der Waals surface area contributed by atoms with Crippen LogP contribution in [0.4, 0.5) is 0 Å². The minimum absolute atomic E-state index is 0.267. The number of hydrogen-bond acceptors (Lipinski definition) is 3. The van der Waals surface area contributed by atoms with Crippen molar-refractivity contribution in [3.8, 4) is 0 Å². The van der Waals surface area contributed by atoms with Crippen LogP contribution in [0.15, 0.2) is 23.1 Å². The summed E-state index contributed by atoms with van der Waals surface area (Å²) in [7, 11) is -3.68. The van der Waals surface area contributed by atoms with Crippen LogP contribution in [0.1, 0.15) is 25.0 Å². The van der Waals surface area contributed by atoms with Gasteiger partial charge in [-0.1, -0.05) is 17.7 Å². The van der Waals surface area contributed by atoms with Crippen LogP contribution >= 0.6 is 0 Å². The molecule has 1 fully saturated rings. The number of benzene rings is 1. The van der Waals surface area contributed by atoms with Crippen molar-refractivity contribution in [2.75, 3.05) is 13.1 Å². The lowest BCUT2D eigenvalue weighted by molar-refractivity contribution is -0.131. The molecule has 1 saturated heterocycles. The molecule has 6 heteroatoms. The van der Waals surface area contributed by atoms with Crippen molar-refractivity contribution in [1.82, 2.24) is 9.62 Å². The van der Waals surface area contributed by atoms with Gasteiger partial charge in [0, 0.05) is 13.1 Å². The molecule has 0 atom stereocenters. The number of hydrogen-bond donors (Lipinski definition) is 1. The Balaban J connectivity index is 2.52. The number of sulfonamides is 1. The van der Waals surface area contributed by atoms with Crippen molar-refractivity contribution in [1.29, 1.82) is 0 Å². The Morgan fingerprint density at radius 2 is 1.90 bits per heavy atom. The molecule has 1 heterocycles. The number of nitrogens with zero attached hydrogens (tertiary/aromatic N) is 1. The first-order valence-corrected chi connectivity index (χ1v) is 8.00. The van der Waals surface area contributed by atoms with Gasteiger partial charge in [-0.05, 0) is 39.3 Å². The Labute approximate surface area is 120 Å². The SMILES string of the molecule is Cc1ccc(S(=O)(=O)N2CCNC(=O)C2(C)C)c(C)c1. The van der Waals surface area contributed by atoms with Crippen LogP contribution in [-0.4, -0.2) is 37.3 Å². The number of piperazine rings is 1. The Morgan fingerprint density at radius 3 is 2.50 bits per heavy atom. The molecule has 1 aliphatic rings. The van der Waals surface area contributed by atoms with Crippen molar-refractivity contribution >= 4 is 15.9 Å². The first-order chi connectivity index (χ1) is 9.17. The van der Waals surface area contributed by atoms with Gasteiger partial charge in [0.2, 0.25) is 15.9 Å². The summed E-state index contributed by atoms with van der Waals surface area (Å²) in [6.45, 7) is 7.57. The Bertz CT molecular complexity index is 650. The molecule has 0 aromatic heterocycles. The van der Waals surface area contributed by atoms with E-state index in [1.54, 1.807) is 32.9 Å². The Hall–Kier alpha value is -1.40. The van der Waals surface area contributed by atoms with Crippen LogP contribution in [0, 0.1) is 13.8 Å². The maximum atomic E-state index is 12.8. The van der Waals surface area contributed by atoms with Gasteiger partial charge in [0.1, 0.15) is 5.54 Å². The molecule has 0 bridgehead atoms. The summed E-state index contributed by atoms with van der Waals surface area (Å²) in [5.41, 5.74) is 0.637. The van der Waals surface area contributed by atoms with Crippen LogP contribution < -0.4 is 5.32 Å². The average molecular weight is 296 g/mol. The molecule has 1 amide bonds. The lowest BCUT2D eigenvalue weighted by Gasteiger charge is -2.40. The Kier molecular flexibility index (Phi) is 3.64. The fourth-order valence-electron chi connectivity index (χ4n) is 2.51. The molecule has 2 rings (SSSR count). The summed E-state index contributed by atoms with van der Waals surface area (Å²) in [6, 6.07) is 5.23. The normalized spacial score (nSPS) is 19.7. The van der Waals surface area contributed by atoms with Gasteiger partial charge in [-0.3, -0.25) is 4.79 Å². The topological polar surface area (TPSA) is 66.5 Å². The van der Waals surface area contributed by atoms with Gasteiger partial charge in [-0.25, -0.2) is 8.42 Å². The van der Waals surface area contributed by atoms with Gasteiger partial charge in [-0.2, -0.15) is 4.31 Å². The summed E-state index contributed by atoms with van der Waals surface area (Å²) < 4.78 is 26.9. The van der Waals surface area contributed by atoms with Crippen LogP contribution in [0.3, 0.4) is 0 Å². The summed E-state index contributed by atoms with van der Waals surface area (Å²) in [5.74, 6) is -0.267. The molecular formula is C14H20N2O3S. The van der Waals surface area contributed by atoms with Gasteiger partial charge in [0.25, 0.3) is 0 Å². The minimum atomic E-state index is -3.68. The fraction of sp³-hybridized carbons (Fsp3) is 0.500. The standard InChI is InChI=1S/C14H20N2O3S/c1-10-5-6-12(11(2)9-10)20(18,19)16-8-7-15-13(17)14(16,3)4/h5-6,9H,7-8H2,1-4H3,(H,15,17). The summed E-state index contributed by atoms with van der Waals surface area (Å²) >= 11 is 0. The average Bonchev–Trinajstić information content (AvgIpc) is 2.31. The maximum Gasteiger partial charge on any atom is 0.244 e. The second-order valence-electron chi connectivity index (χ2n) is 5.66. The van der Waals surface area contributed by atoms with E-state index in [1.807, 2.05) is 13.0 Å². The van der Waals surface area contributed by atoms with Gasteiger partial charge >= 0.3 is 0 Å². The fourth-order valence-corrected chi connectivity index (χ4v) is 4.47. The van der Waals surface area contributed by atoms with E-state index in [-0.39, 0.29) is 17.3 Å². The first kappa shape index (κ1) is 15.0. The molecule has 5 nitrogen and oxygen atoms in total. The van der Waals surface area contributed by atoms with Crippen molar-refractivity contribution in [3.63, 3.8) is 0 Å². The van der Waals surface area contributed by atoms with E-state index >= 15 is 0 Å². The predicted molar refractivity (Wildman–Crippen MR) is 76.9 cm³/mol. The first-order valence-electron chi connectivity index (χ1n) is 6.56. The van der Waals surface area contributed by atoms with E-state index in [0.29, 0.717) is 12.1 Å². The minimum Gasteiger partial charge on any atom is -0.353 e. The number of nitrogens with one attached hydrogen (secondary N) is 1. The van der Waals surface area contributed by atoms with Crippen LogP contribution in [0.2, 0.25) is 0 Å². The number of aryl methyl sites for hydroxylation is 2. The molecule has 1 aromatic carbocycles. The number of amides is 1. The second-order valence-corrected chi connectivity index (χ2v) is 7.49. The summed E-state index contributed by atoms with van der Waals surface area (Å²) in [4.78, 5) is 12.2. The van der Waals surface area contributed by atoms with Crippen LogP contribution in [-0.2, 0) is 14.8 Å². The van der Waals surface area contributed by atoms with E-state index < -0.39 is 15.6 Å². The lowest BCUT2D eigenvalue weighted by Crippen LogP contribution is -2.63.